The molecule has 0 atom stereocenters. The minimum absolute atomic E-state index is 0. The zero-order valence-electron chi connectivity index (χ0n) is 30.8. The van der Waals surface area contributed by atoms with Crippen LogP contribution >= 0.6 is 15.0 Å². The Bertz CT molecular complexity index is 2020. The number of hydrogen-bond acceptors (Lipinski definition) is 3. The van der Waals surface area contributed by atoms with E-state index in [2.05, 4.69) is 175 Å². The maximum atomic E-state index is 9.75. The molecule has 0 fully saturated rings. The van der Waals surface area contributed by atoms with E-state index in [1.165, 1.54) is 26.5 Å². The monoisotopic (exact) mass is 926 g/mol. The van der Waals surface area contributed by atoms with Crippen molar-refractivity contribution < 1.29 is 54.9 Å². The molecular formula is C42H38B2F8N3P2Pd+. The van der Waals surface area contributed by atoms with E-state index in [0.29, 0.717) is 6.54 Å². The summed E-state index contributed by atoms with van der Waals surface area (Å²) in [5.74, 6) is 0. The van der Waals surface area contributed by atoms with Crippen molar-refractivity contribution in [3.63, 3.8) is 0 Å². The molecule has 0 N–H and O–H groups in total. The van der Waals surface area contributed by atoms with E-state index in [0.717, 1.165) is 17.5 Å². The van der Waals surface area contributed by atoms with Crippen molar-refractivity contribution in [2.75, 3.05) is 0 Å². The second kappa shape index (κ2) is 24.3. The van der Waals surface area contributed by atoms with Crippen LogP contribution < -0.4 is 26.5 Å². The summed E-state index contributed by atoms with van der Waals surface area (Å²) < 4.78 is 83.6. The third-order valence-corrected chi connectivity index (χ3v) is 14.3. The number of rotatable bonds is 9. The molecule has 5 aromatic carbocycles. The fourth-order valence-electron chi connectivity index (χ4n) is 5.66. The predicted molar refractivity (Wildman–Crippen MR) is 224 cm³/mol. The molecule has 0 aliphatic rings. The molecule has 0 radical (unpaired) electrons. The summed E-state index contributed by atoms with van der Waals surface area (Å²) in [4.78, 5) is 8.98. The maximum Gasteiger partial charge on any atom is 2.00 e. The molecule has 2 aromatic heterocycles. The molecule has 7 aromatic rings. The molecule has 0 saturated carbocycles. The average molecular weight is 927 g/mol. The van der Waals surface area contributed by atoms with Gasteiger partial charge in [-0.05, 0) is 48.5 Å². The number of nitrogens with zero attached hydrogens (tertiary/aromatic N) is 3. The first kappa shape index (κ1) is 47.7. The van der Waals surface area contributed by atoms with Crippen LogP contribution in [0.4, 0.5) is 34.5 Å². The normalized spacial score (nSPS) is 10.9. The fraction of sp³-hybridized carbons (Fsp3) is 0.0476. The minimum Gasteiger partial charge on any atom is -0.418 e. The van der Waals surface area contributed by atoms with Crippen LogP contribution in [0.15, 0.2) is 205 Å². The Labute approximate surface area is 348 Å². The van der Waals surface area contributed by atoms with Crippen LogP contribution in [0.5, 0.6) is 0 Å². The Hall–Kier alpha value is -4.71. The molecule has 16 heteroatoms. The van der Waals surface area contributed by atoms with Gasteiger partial charge in [-0.1, -0.05) is 140 Å². The van der Waals surface area contributed by atoms with Crippen molar-refractivity contribution in [2.45, 2.75) is 12.7 Å². The Morgan fingerprint density at radius 2 is 0.759 bits per heavy atom. The largest absolute Gasteiger partial charge is 2.00 e. The van der Waals surface area contributed by atoms with Crippen molar-refractivity contribution >= 4 is 56.0 Å². The SMILES string of the molecule is F[B-](F)(F)F.F[B-](F)(F)F.[Pd+2].c1ccc([PH+](Cc2cccc(CN=P(c3ccccc3)(c3ccccc3)c3ccccc3)n2)c2ccccc2)cc1.c1ccncc1. The van der Waals surface area contributed by atoms with Crippen molar-refractivity contribution in [3.8, 4) is 0 Å². The van der Waals surface area contributed by atoms with Gasteiger partial charge in [0.25, 0.3) is 0 Å². The van der Waals surface area contributed by atoms with Gasteiger partial charge in [0.1, 0.15) is 6.16 Å². The number of pyridine rings is 2. The van der Waals surface area contributed by atoms with Crippen LogP contribution in [0.3, 0.4) is 0 Å². The van der Waals surface area contributed by atoms with E-state index in [-0.39, 0.29) is 20.4 Å². The van der Waals surface area contributed by atoms with Gasteiger partial charge in [-0.3, -0.25) is 14.7 Å². The summed E-state index contributed by atoms with van der Waals surface area (Å²) in [7, 11) is -15.3. The van der Waals surface area contributed by atoms with Gasteiger partial charge in [-0.15, -0.1) is 0 Å². The first-order valence-corrected chi connectivity index (χ1v) is 21.0. The van der Waals surface area contributed by atoms with Gasteiger partial charge in [-0.25, -0.2) is 0 Å². The second-order valence-electron chi connectivity index (χ2n) is 12.0. The van der Waals surface area contributed by atoms with Gasteiger partial charge in [0.05, 0.1) is 43.5 Å². The Morgan fingerprint density at radius 3 is 1.09 bits per heavy atom. The van der Waals surface area contributed by atoms with Crippen LogP contribution in [0, 0.1) is 0 Å². The molecule has 0 bridgehead atoms. The smallest absolute Gasteiger partial charge is 0.418 e. The quantitative estimate of drug-likeness (QED) is 0.0822. The number of hydrogen-bond donors (Lipinski definition) is 0. The minimum atomic E-state index is -6.00. The summed E-state index contributed by atoms with van der Waals surface area (Å²) in [5, 5.41) is 6.58. The van der Waals surface area contributed by atoms with E-state index in [1.807, 2.05) is 18.2 Å². The van der Waals surface area contributed by atoms with Crippen LogP contribution in [0.25, 0.3) is 0 Å². The third-order valence-electron chi connectivity index (χ3n) is 7.87. The van der Waals surface area contributed by atoms with Crippen molar-refractivity contribution in [3.05, 3.63) is 212 Å². The molecule has 0 aliphatic carbocycles. The van der Waals surface area contributed by atoms with Gasteiger partial charge in [0.15, 0.2) is 0 Å². The second-order valence-corrected chi connectivity index (χ2v) is 17.5. The summed E-state index contributed by atoms with van der Waals surface area (Å²) in [6.45, 7) is 0.555. The summed E-state index contributed by atoms with van der Waals surface area (Å²) in [5.41, 5.74) is 2.14. The Morgan fingerprint density at radius 1 is 0.431 bits per heavy atom. The van der Waals surface area contributed by atoms with E-state index in [9.17, 15) is 34.5 Å². The molecule has 7 rings (SSSR count). The third kappa shape index (κ3) is 17.0. The molecule has 0 spiro atoms. The van der Waals surface area contributed by atoms with Crippen molar-refractivity contribution in [1.82, 2.24) is 9.97 Å². The predicted octanol–water partition coefficient (Wildman–Crippen LogP) is 10.8. The number of halogens is 8. The molecule has 0 unspecified atom stereocenters. The van der Waals surface area contributed by atoms with Gasteiger partial charge in [0.2, 0.25) is 0 Å². The molecule has 0 saturated heterocycles. The standard InChI is InChI=1S/C37H32N2P2.C5H5N.2BF4.Pd/c1-6-19-33(20-7-1)40(34-21-8-2-9-22-34)30-32-18-16-17-31(39-32)29-38-41(35-23-10-3-11-24-35,36-25-12-4-13-26-36)37-27-14-5-15-28-37;1-2-4-6-5-3-1;2*2-1(3,4)5;/h1-28H,29-30H2;1-5H;;;/q;;2*-1;+2/p+1. The van der Waals surface area contributed by atoms with Gasteiger partial charge >= 0.3 is 34.9 Å². The maximum absolute atomic E-state index is 9.75. The van der Waals surface area contributed by atoms with E-state index < -0.39 is 29.5 Å². The molecular weight excluding hydrogens is 888 g/mol. The van der Waals surface area contributed by atoms with Crippen LogP contribution in [-0.2, 0) is 33.1 Å². The van der Waals surface area contributed by atoms with Crippen LogP contribution in [-0.4, -0.2) is 24.5 Å². The van der Waals surface area contributed by atoms with E-state index >= 15 is 0 Å². The van der Waals surface area contributed by atoms with Gasteiger partial charge < -0.3 is 34.5 Å². The fourth-order valence-corrected chi connectivity index (χ4v) is 11.7. The Balaban J connectivity index is 0.000000446. The topological polar surface area (TPSA) is 38.1 Å². The zero-order chi connectivity index (χ0) is 41.0. The molecule has 58 heavy (non-hydrogen) atoms. The van der Waals surface area contributed by atoms with E-state index in [1.54, 1.807) is 12.4 Å². The summed E-state index contributed by atoms with van der Waals surface area (Å²) >= 11 is 0. The number of benzene rings is 5. The summed E-state index contributed by atoms with van der Waals surface area (Å²) in [6, 6.07) is 66.4. The van der Waals surface area contributed by atoms with Crippen LogP contribution in [0.2, 0.25) is 0 Å². The first-order chi connectivity index (χ1) is 27.3. The Kier molecular flexibility index (Phi) is 19.9. The molecule has 2 heterocycles. The van der Waals surface area contributed by atoms with E-state index in [4.69, 9.17) is 9.73 Å². The molecule has 0 amide bonds. The van der Waals surface area contributed by atoms with Gasteiger partial charge in [-0.2, -0.15) is 0 Å². The zero-order valence-corrected chi connectivity index (χ0v) is 34.2. The molecule has 3 nitrogen and oxygen atoms in total. The van der Waals surface area contributed by atoms with Crippen molar-refractivity contribution in [1.29, 1.82) is 0 Å². The molecule has 302 valence electrons. The summed E-state index contributed by atoms with van der Waals surface area (Å²) in [6.07, 6.45) is 4.43. The number of aromatic nitrogens is 2. The first-order valence-electron chi connectivity index (χ1n) is 17.6. The molecule has 0 aliphatic heterocycles. The average Bonchev–Trinajstić information content (AvgIpc) is 3.22. The van der Waals surface area contributed by atoms with Gasteiger partial charge in [0, 0.05) is 28.3 Å². The van der Waals surface area contributed by atoms with Crippen molar-refractivity contribution in [2.24, 2.45) is 4.74 Å². The van der Waals surface area contributed by atoms with Crippen LogP contribution in [0.1, 0.15) is 11.4 Å².